The molecular weight excluding hydrogens is 383 g/mol. The van der Waals surface area contributed by atoms with Crippen molar-refractivity contribution in [2.45, 2.75) is 38.0 Å². The number of aromatic hydroxyl groups is 1. The Hall–Kier alpha value is -3.48. The summed E-state index contributed by atoms with van der Waals surface area (Å²) in [6, 6.07) is 12.8. The zero-order chi connectivity index (χ0) is 20.5. The van der Waals surface area contributed by atoms with Gasteiger partial charge in [-0.05, 0) is 60.7 Å². The molecule has 0 spiro atoms. The Kier molecular flexibility index (Phi) is 4.78. The summed E-state index contributed by atoms with van der Waals surface area (Å²) >= 11 is 0. The van der Waals surface area contributed by atoms with Crippen molar-refractivity contribution in [3.8, 4) is 34.0 Å². The zero-order valence-corrected chi connectivity index (χ0v) is 16.3. The van der Waals surface area contributed by atoms with Crippen molar-refractivity contribution in [3.05, 3.63) is 61.1 Å². The zero-order valence-electron chi connectivity index (χ0n) is 16.3. The third-order valence-electron chi connectivity index (χ3n) is 5.54. The van der Waals surface area contributed by atoms with Crippen LogP contribution in [0.25, 0.3) is 28.0 Å². The van der Waals surface area contributed by atoms with Crippen molar-refractivity contribution < 1.29 is 14.2 Å². The van der Waals surface area contributed by atoms with Gasteiger partial charge in [0.15, 0.2) is 0 Å². The van der Waals surface area contributed by atoms with Gasteiger partial charge in [-0.25, -0.2) is 9.37 Å². The largest absolute Gasteiger partial charge is 0.507 e. The van der Waals surface area contributed by atoms with Crippen LogP contribution in [-0.4, -0.2) is 37.0 Å². The lowest BCUT2D eigenvalue weighted by Crippen LogP contribution is -2.32. The van der Waals surface area contributed by atoms with Gasteiger partial charge in [-0.15, -0.1) is 10.2 Å². The molecule has 0 bridgehead atoms. The molecule has 30 heavy (non-hydrogen) atoms. The Balaban J connectivity index is 1.36. The first-order valence-corrected chi connectivity index (χ1v) is 10.1. The van der Waals surface area contributed by atoms with Gasteiger partial charge in [0.25, 0.3) is 0 Å². The molecule has 3 aromatic heterocycles. The van der Waals surface area contributed by atoms with Crippen molar-refractivity contribution in [1.82, 2.24) is 19.6 Å². The maximum absolute atomic E-state index is 14.0. The first kappa shape index (κ1) is 18.5. The van der Waals surface area contributed by atoms with Crippen LogP contribution in [0, 0.1) is 0 Å². The quantitative estimate of drug-likeness (QED) is 0.528. The minimum Gasteiger partial charge on any atom is -0.507 e. The average Bonchev–Trinajstić information content (AvgIpc) is 3.24. The summed E-state index contributed by atoms with van der Waals surface area (Å²) in [5.41, 5.74) is 3.77. The minimum absolute atomic E-state index is 0.106. The van der Waals surface area contributed by atoms with E-state index in [0.717, 1.165) is 29.6 Å². The summed E-state index contributed by atoms with van der Waals surface area (Å²) in [7, 11) is 0. The standard InChI is InChI=1S/C23H21FN4O2/c24-18-3-1-2-4-21(18)30-23-8-7-19(26-27-23)17-6-5-15(13-20(17)29)16-9-11-28-12-10-25-22(28)14-16/h5-14,18,21,29H,1-4H2/t18-,21+/m0/s1. The molecule has 1 aromatic carbocycles. The number of fused-ring (bicyclic) bond motifs is 1. The molecular formula is C23H21FN4O2. The fourth-order valence-corrected chi connectivity index (χ4v) is 3.88. The highest BCUT2D eigenvalue weighted by Crippen LogP contribution is 2.33. The molecule has 4 aromatic rings. The van der Waals surface area contributed by atoms with E-state index in [9.17, 15) is 9.50 Å². The molecule has 0 aliphatic heterocycles. The highest BCUT2D eigenvalue weighted by atomic mass is 19.1. The maximum Gasteiger partial charge on any atom is 0.233 e. The first-order valence-electron chi connectivity index (χ1n) is 10.1. The Morgan fingerprint density at radius 1 is 0.967 bits per heavy atom. The van der Waals surface area contributed by atoms with Crippen LogP contribution in [0.15, 0.2) is 61.1 Å². The van der Waals surface area contributed by atoms with E-state index in [0.29, 0.717) is 30.0 Å². The van der Waals surface area contributed by atoms with Gasteiger partial charge >= 0.3 is 0 Å². The maximum atomic E-state index is 14.0. The Morgan fingerprint density at radius 3 is 2.63 bits per heavy atom. The van der Waals surface area contributed by atoms with Crippen LogP contribution < -0.4 is 4.74 Å². The predicted octanol–water partition coefficient (Wildman–Crippen LogP) is 4.82. The summed E-state index contributed by atoms with van der Waals surface area (Å²) in [6.45, 7) is 0. The van der Waals surface area contributed by atoms with E-state index >= 15 is 0 Å². The Bertz CT molecular complexity index is 1180. The fourth-order valence-electron chi connectivity index (χ4n) is 3.88. The molecule has 152 valence electrons. The molecule has 1 aliphatic rings. The van der Waals surface area contributed by atoms with Crippen LogP contribution in [0.5, 0.6) is 11.6 Å². The molecule has 0 unspecified atom stereocenters. The summed E-state index contributed by atoms with van der Waals surface area (Å²) in [6.07, 6.45) is 7.22. The molecule has 1 N–H and O–H groups in total. The summed E-state index contributed by atoms with van der Waals surface area (Å²) in [5.74, 6) is 0.409. The van der Waals surface area contributed by atoms with Crippen LogP contribution >= 0.6 is 0 Å². The fraction of sp³-hybridized carbons (Fsp3) is 0.261. The molecule has 3 heterocycles. The van der Waals surface area contributed by atoms with E-state index in [1.165, 1.54) is 0 Å². The monoisotopic (exact) mass is 404 g/mol. The van der Waals surface area contributed by atoms with Gasteiger partial charge in [0, 0.05) is 30.2 Å². The van der Waals surface area contributed by atoms with Gasteiger partial charge in [0.2, 0.25) is 5.88 Å². The molecule has 0 radical (unpaired) electrons. The van der Waals surface area contributed by atoms with Gasteiger partial charge < -0.3 is 14.2 Å². The molecule has 1 saturated carbocycles. The number of phenolic OH excluding ortho intramolecular Hbond substituents is 1. The molecule has 0 amide bonds. The van der Waals surface area contributed by atoms with Crippen molar-refractivity contribution in [2.24, 2.45) is 0 Å². The van der Waals surface area contributed by atoms with Crippen LogP contribution in [0.1, 0.15) is 25.7 Å². The van der Waals surface area contributed by atoms with Crippen molar-refractivity contribution in [3.63, 3.8) is 0 Å². The second-order valence-electron chi connectivity index (χ2n) is 7.55. The minimum atomic E-state index is -0.960. The number of nitrogens with zero attached hydrogens (tertiary/aromatic N) is 4. The van der Waals surface area contributed by atoms with Crippen molar-refractivity contribution >= 4 is 5.65 Å². The van der Waals surface area contributed by atoms with E-state index in [4.69, 9.17) is 4.74 Å². The summed E-state index contributed by atoms with van der Waals surface area (Å²) in [4.78, 5) is 4.29. The third kappa shape index (κ3) is 3.58. The SMILES string of the molecule is Oc1cc(-c2ccn3ccnc3c2)ccc1-c1ccc(O[C@@H]2CCCC[C@@H]2F)nn1. The Labute approximate surface area is 173 Å². The van der Waals surface area contributed by atoms with Crippen molar-refractivity contribution in [2.75, 3.05) is 0 Å². The lowest BCUT2D eigenvalue weighted by atomic mass is 9.96. The number of alkyl halides is 1. The van der Waals surface area contributed by atoms with Gasteiger partial charge in [-0.3, -0.25) is 0 Å². The number of hydrogen-bond donors (Lipinski definition) is 1. The van der Waals surface area contributed by atoms with Crippen LogP contribution in [-0.2, 0) is 0 Å². The van der Waals surface area contributed by atoms with Crippen LogP contribution in [0.3, 0.4) is 0 Å². The lowest BCUT2D eigenvalue weighted by Gasteiger charge is -2.25. The summed E-state index contributed by atoms with van der Waals surface area (Å²) < 4.78 is 21.6. The second-order valence-corrected chi connectivity index (χ2v) is 7.55. The Morgan fingerprint density at radius 2 is 1.83 bits per heavy atom. The van der Waals surface area contributed by atoms with Gasteiger partial charge in [-0.2, -0.15) is 0 Å². The van der Waals surface area contributed by atoms with Gasteiger partial charge in [-0.1, -0.05) is 12.5 Å². The second kappa shape index (κ2) is 7.74. The number of benzene rings is 1. The number of ether oxygens (including phenoxy) is 1. The number of imidazole rings is 1. The normalized spacial score (nSPS) is 19.1. The third-order valence-corrected chi connectivity index (χ3v) is 5.54. The molecule has 2 atom stereocenters. The van der Waals surface area contributed by atoms with Gasteiger partial charge in [0.05, 0.1) is 5.69 Å². The highest BCUT2D eigenvalue weighted by Gasteiger charge is 2.26. The smallest absolute Gasteiger partial charge is 0.233 e. The number of aromatic nitrogens is 4. The van der Waals surface area contributed by atoms with E-state index in [1.807, 2.05) is 41.1 Å². The number of pyridine rings is 1. The molecule has 1 aliphatic carbocycles. The molecule has 6 nitrogen and oxygen atoms in total. The molecule has 5 rings (SSSR count). The van der Waals surface area contributed by atoms with E-state index < -0.39 is 12.3 Å². The lowest BCUT2D eigenvalue weighted by molar-refractivity contribution is 0.0594. The molecule has 1 fully saturated rings. The van der Waals surface area contributed by atoms with E-state index in [-0.39, 0.29) is 5.75 Å². The number of phenols is 1. The molecule has 0 saturated heterocycles. The highest BCUT2D eigenvalue weighted by molar-refractivity contribution is 5.75. The van der Waals surface area contributed by atoms with Crippen molar-refractivity contribution in [1.29, 1.82) is 0 Å². The first-order chi connectivity index (χ1) is 14.7. The number of rotatable bonds is 4. The van der Waals surface area contributed by atoms with E-state index in [1.54, 1.807) is 24.4 Å². The number of halogens is 1. The summed E-state index contributed by atoms with van der Waals surface area (Å²) in [5, 5.41) is 18.8. The number of hydrogen-bond acceptors (Lipinski definition) is 5. The van der Waals surface area contributed by atoms with Crippen LogP contribution in [0.4, 0.5) is 4.39 Å². The predicted molar refractivity (Wildman–Crippen MR) is 111 cm³/mol. The van der Waals surface area contributed by atoms with Gasteiger partial charge in [0.1, 0.15) is 23.7 Å². The van der Waals surface area contributed by atoms with Crippen LogP contribution in [0.2, 0.25) is 0 Å². The van der Waals surface area contributed by atoms with E-state index in [2.05, 4.69) is 15.2 Å². The topological polar surface area (TPSA) is 72.5 Å². The average molecular weight is 404 g/mol. The molecule has 7 heteroatoms.